The van der Waals surface area contributed by atoms with Crippen molar-refractivity contribution in [2.45, 2.75) is 33.3 Å². The number of hydrogen-bond donors (Lipinski definition) is 1. The van der Waals surface area contributed by atoms with Crippen LogP contribution in [0.5, 0.6) is 0 Å². The highest BCUT2D eigenvalue weighted by molar-refractivity contribution is 5.92. The summed E-state index contributed by atoms with van der Waals surface area (Å²) in [6.45, 7) is 7.72. The third kappa shape index (κ3) is 6.42. The van der Waals surface area contributed by atoms with Gasteiger partial charge in [0.2, 0.25) is 5.91 Å². The number of ether oxygens (including phenoxy) is 1. The lowest BCUT2D eigenvalue weighted by molar-refractivity contribution is -0.117. The van der Waals surface area contributed by atoms with E-state index in [4.69, 9.17) is 10.00 Å². The molecule has 152 valence electrons. The predicted molar refractivity (Wildman–Crippen MR) is 115 cm³/mol. The molecule has 5 nitrogen and oxygen atoms in total. The summed E-state index contributed by atoms with van der Waals surface area (Å²) in [4.78, 5) is 14.6. The first-order valence-corrected chi connectivity index (χ1v) is 10.2. The summed E-state index contributed by atoms with van der Waals surface area (Å²) in [6.07, 6.45) is 2.09. The number of benzene rings is 2. The Bertz CT molecular complexity index is 863. The molecule has 5 heteroatoms. The Kier molecular flexibility index (Phi) is 7.40. The van der Waals surface area contributed by atoms with E-state index in [-0.39, 0.29) is 5.91 Å². The Labute approximate surface area is 173 Å². The Morgan fingerprint density at radius 2 is 1.86 bits per heavy atom. The molecular formula is C24H29N3O2. The van der Waals surface area contributed by atoms with Crippen LogP contribution in [-0.4, -0.2) is 37.0 Å². The molecule has 0 spiro atoms. The fraction of sp³-hybridized carbons (Fsp3) is 0.417. The lowest BCUT2D eigenvalue weighted by Gasteiger charge is -2.31. The molecule has 2 aromatic rings. The standard InChI is InChI=1S/C24H29N3O2/c1-18-3-8-23(13-19(18)2)26-24(28)15-27-11-9-22(10-12-27)17-29-16-21-6-4-20(14-25)5-7-21/h3-8,13,22H,9-12,15-17H2,1-2H3,(H,26,28). The van der Waals surface area contributed by atoms with Gasteiger partial charge in [0.25, 0.3) is 0 Å². The minimum atomic E-state index is 0.0452. The van der Waals surface area contributed by atoms with Crippen LogP contribution in [-0.2, 0) is 16.1 Å². The van der Waals surface area contributed by atoms with E-state index in [9.17, 15) is 4.79 Å². The fourth-order valence-corrected chi connectivity index (χ4v) is 3.55. The topological polar surface area (TPSA) is 65.4 Å². The molecule has 0 unspecified atom stereocenters. The monoisotopic (exact) mass is 391 g/mol. The molecule has 2 aromatic carbocycles. The van der Waals surface area contributed by atoms with Crippen molar-refractivity contribution in [3.63, 3.8) is 0 Å². The average molecular weight is 392 g/mol. The molecule has 0 aromatic heterocycles. The lowest BCUT2D eigenvalue weighted by Crippen LogP contribution is -2.40. The van der Waals surface area contributed by atoms with Gasteiger partial charge in [0.15, 0.2) is 0 Å². The van der Waals surface area contributed by atoms with E-state index in [2.05, 4.69) is 30.1 Å². The summed E-state index contributed by atoms with van der Waals surface area (Å²) in [6, 6.07) is 15.7. The lowest BCUT2D eigenvalue weighted by atomic mass is 9.98. The molecule has 1 saturated heterocycles. The van der Waals surface area contributed by atoms with Crippen LogP contribution in [0.4, 0.5) is 5.69 Å². The molecule has 1 heterocycles. The number of nitrogens with one attached hydrogen (secondary N) is 1. The maximum atomic E-state index is 12.3. The zero-order valence-electron chi connectivity index (χ0n) is 17.3. The minimum Gasteiger partial charge on any atom is -0.376 e. The molecule has 1 aliphatic heterocycles. The summed E-state index contributed by atoms with van der Waals surface area (Å²) in [5, 5.41) is 11.8. The van der Waals surface area contributed by atoms with Gasteiger partial charge in [-0.25, -0.2) is 0 Å². The first-order valence-electron chi connectivity index (χ1n) is 10.2. The summed E-state index contributed by atoms with van der Waals surface area (Å²) >= 11 is 0. The first kappa shape index (κ1) is 21.0. The molecule has 1 aliphatic rings. The van der Waals surface area contributed by atoms with E-state index >= 15 is 0 Å². The summed E-state index contributed by atoms with van der Waals surface area (Å²) < 4.78 is 5.87. The molecule has 1 amide bonds. The van der Waals surface area contributed by atoms with E-state index in [0.29, 0.717) is 24.6 Å². The zero-order valence-corrected chi connectivity index (χ0v) is 17.3. The minimum absolute atomic E-state index is 0.0452. The second-order valence-corrected chi connectivity index (χ2v) is 7.89. The number of hydrogen-bond acceptors (Lipinski definition) is 4. The van der Waals surface area contributed by atoms with E-state index in [1.165, 1.54) is 11.1 Å². The van der Waals surface area contributed by atoms with Crippen molar-refractivity contribution in [2.24, 2.45) is 5.92 Å². The Morgan fingerprint density at radius 3 is 2.52 bits per heavy atom. The van der Waals surface area contributed by atoms with Gasteiger partial charge in [-0.2, -0.15) is 5.26 Å². The third-order valence-electron chi connectivity index (χ3n) is 5.57. The van der Waals surface area contributed by atoms with Crippen LogP contribution in [0.25, 0.3) is 0 Å². The van der Waals surface area contributed by atoms with Gasteiger partial charge in [-0.3, -0.25) is 9.69 Å². The van der Waals surface area contributed by atoms with Gasteiger partial charge >= 0.3 is 0 Å². The summed E-state index contributed by atoms with van der Waals surface area (Å²) in [7, 11) is 0. The fourth-order valence-electron chi connectivity index (χ4n) is 3.55. The normalized spacial score (nSPS) is 15.1. The van der Waals surface area contributed by atoms with E-state index in [1.54, 1.807) is 0 Å². The second-order valence-electron chi connectivity index (χ2n) is 7.89. The number of carbonyl (C=O) groups excluding carboxylic acids is 1. The zero-order chi connectivity index (χ0) is 20.6. The number of anilines is 1. The molecule has 29 heavy (non-hydrogen) atoms. The predicted octanol–water partition coefficient (Wildman–Crippen LogP) is 4.04. The Balaban J connectivity index is 1.34. The first-order chi connectivity index (χ1) is 14.0. The molecule has 0 saturated carbocycles. The molecule has 0 atom stereocenters. The second kappa shape index (κ2) is 10.2. The number of nitriles is 1. The van der Waals surface area contributed by atoms with Crippen molar-refractivity contribution in [2.75, 3.05) is 31.6 Å². The number of likely N-dealkylation sites (tertiary alicyclic amines) is 1. The van der Waals surface area contributed by atoms with Gasteiger partial charge in [0.1, 0.15) is 0 Å². The Hall–Kier alpha value is -2.68. The van der Waals surface area contributed by atoms with Crippen molar-refractivity contribution in [3.05, 3.63) is 64.7 Å². The van der Waals surface area contributed by atoms with Crippen molar-refractivity contribution in [3.8, 4) is 6.07 Å². The van der Waals surface area contributed by atoms with Gasteiger partial charge in [-0.05, 0) is 86.7 Å². The largest absolute Gasteiger partial charge is 0.376 e. The van der Waals surface area contributed by atoms with E-state index < -0.39 is 0 Å². The average Bonchev–Trinajstić information content (AvgIpc) is 2.72. The number of amides is 1. The SMILES string of the molecule is Cc1ccc(NC(=O)CN2CCC(COCc3ccc(C#N)cc3)CC2)cc1C. The van der Waals surface area contributed by atoms with Crippen molar-refractivity contribution < 1.29 is 9.53 Å². The number of piperidine rings is 1. The maximum absolute atomic E-state index is 12.3. The third-order valence-corrected chi connectivity index (χ3v) is 5.57. The van der Waals surface area contributed by atoms with Crippen LogP contribution in [0.15, 0.2) is 42.5 Å². The van der Waals surface area contributed by atoms with Crippen LogP contribution in [0.1, 0.15) is 35.1 Å². The van der Waals surface area contributed by atoms with Gasteiger partial charge < -0.3 is 10.1 Å². The number of aryl methyl sites for hydroxylation is 2. The highest BCUT2D eigenvalue weighted by Gasteiger charge is 2.21. The van der Waals surface area contributed by atoms with Gasteiger partial charge in [0, 0.05) is 12.3 Å². The number of nitrogens with zero attached hydrogens (tertiary/aromatic N) is 2. The molecule has 0 bridgehead atoms. The molecule has 1 fully saturated rings. The van der Waals surface area contributed by atoms with Crippen LogP contribution >= 0.6 is 0 Å². The molecule has 0 aliphatic carbocycles. The number of carbonyl (C=O) groups is 1. The van der Waals surface area contributed by atoms with Crippen LogP contribution in [0.3, 0.4) is 0 Å². The van der Waals surface area contributed by atoms with Crippen molar-refractivity contribution >= 4 is 11.6 Å². The van der Waals surface area contributed by atoms with Crippen molar-refractivity contribution in [1.29, 1.82) is 5.26 Å². The molecule has 0 radical (unpaired) electrons. The quantitative estimate of drug-likeness (QED) is 0.774. The highest BCUT2D eigenvalue weighted by atomic mass is 16.5. The smallest absolute Gasteiger partial charge is 0.238 e. The van der Waals surface area contributed by atoms with Crippen LogP contribution in [0, 0.1) is 31.1 Å². The highest BCUT2D eigenvalue weighted by Crippen LogP contribution is 2.19. The van der Waals surface area contributed by atoms with Gasteiger partial charge in [0.05, 0.1) is 24.8 Å². The molecule has 1 N–H and O–H groups in total. The Morgan fingerprint density at radius 1 is 1.14 bits per heavy atom. The summed E-state index contributed by atoms with van der Waals surface area (Å²) in [5.41, 5.74) is 5.03. The van der Waals surface area contributed by atoms with Crippen molar-refractivity contribution in [1.82, 2.24) is 4.90 Å². The van der Waals surface area contributed by atoms with Crippen LogP contribution in [0.2, 0.25) is 0 Å². The van der Waals surface area contributed by atoms with Crippen LogP contribution < -0.4 is 5.32 Å². The molecule has 3 rings (SSSR count). The van der Waals surface area contributed by atoms with E-state index in [1.807, 2.05) is 42.5 Å². The number of rotatable bonds is 7. The van der Waals surface area contributed by atoms with E-state index in [0.717, 1.165) is 43.8 Å². The van der Waals surface area contributed by atoms with Gasteiger partial charge in [-0.1, -0.05) is 18.2 Å². The summed E-state index contributed by atoms with van der Waals surface area (Å²) in [5.74, 6) is 0.580. The van der Waals surface area contributed by atoms with Gasteiger partial charge in [-0.15, -0.1) is 0 Å². The molecular weight excluding hydrogens is 362 g/mol. The maximum Gasteiger partial charge on any atom is 0.238 e.